The number of phenolic OH excluding ortho intramolecular Hbond substituents is 1. The van der Waals surface area contributed by atoms with Crippen LogP contribution >= 0.6 is 11.3 Å². The molecule has 0 unspecified atom stereocenters. The molecule has 2 amide bonds. The van der Waals surface area contributed by atoms with Crippen LogP contribution in [0, 0.1) is 0 Å². The van der Waals surface area contributed by atoms with Crippen molar-refractivity contribution in [3.8, 4) is 5.75 Å². The fourth-order valence-corrected chi connectivity index (χ4v) is 4.01. The number of thiophene rings is 1. The molecule has 0 aliphatic carbocycles. The predicted molar refractivity (Wildman–Crippen MR) is 131 cm³/mol. The van der Waals surface area contributed by atoms with E-state index in [9.17, 15) is 27.9 Å². The molecule has 184 valence electrons. The molecule has 11 heteroatoms. The minimum absolute atomic E-state index is 0.0443. The van der Waals surface area contributed by atoms with Gasteiger partial charge in [-0.15, -0.1) is 11.3 Å². The van der Waals surface area contributed by atoms with E-state index in [1.807, 2.05) is 0 Å². The first-order valence-electron chi connectivity index (χ1n) is 10.5. The molecule has 2 heterocycles. The average Bonchev–Trinajstić information content (AvgIpc) is 3.32. The number of hydrogen-bond acceptors (Lipinski definition) is 6. The van der Waals surface area contributed by atoms with Crippen LogP contribution in [0.4, 0.5) is 29.5 Å². The van der Waals surface area contributed by atoms with Crippen LogP contribution in [-0.4, -0.2) is 21.9 Å². The molecule has 0 aliphatic rings. The van der Waals surface area contributed by atoms with E-state index < -0.39 is 23.7 Å². The highest BCUT2D eigenvalue weighted by Crippen LogP contribution is 2.32. The van der Waals surface area contributed by atoms with Crippen LogP contribution in [0.5, 0.6) is 5.75 Å². The summed E-state index contributed by atoms with van der Waals surface area (Å²) in [6.45, 7) is 0.170. The standard InChI is InChI=1S/C25H19F3N4O3S/c26-25(27,28)21-13-17(9-11-29-21)31-24-18(10-12-36-24)23(35)30-14-15-5-7-16(8-6-15)22(34)32-19-3-1-2-4-20(19)33/h1-13,33H,14H2,(H,29,31)(H,30,35)(H,32,34). The number of anilines is 3. The molecule has 4 aromatic rings. The van der Waals surface area contributed by atoms with Crippen molar-refractivity contribution in [2.45, 2.75) is 12.7 Å². The van der Waals surface area contributed by atoms with Crippen LogP contribution in [0.3, 0.4) is 0 Å². The number of halogens is 3. The molecule has 0 aliphatic heterocycles. The van der Waals surface area contributed by atoms with Gasteiger partial charge in [-0.25, -0.2) is 0 Å². The van der Waals surface area contributed by atoms with Gasteiger partial charge in [0.15, 0.2) is 0 Å². The van der Waals surface area contributed by atoms with Crippen molar-refractivity contribution in [1.82, 2.24) is 10.3 Å². The normalized spacial score (nSPS) is 11.1. The van der Waals surface area contributed by atoms with Gasteiger partial charge in [0.25, 0.3) is 11.8 Å². The lowest BCUT2D eigenvalue weighted by Gasteiger charge is -2.11. The summed E-state index contributed by atoms with van der Waals surface area (Å²) in [5, 5.41) is 20.1. The Morgan fingerprint density at radius 3 is 2.44 bits per heavy atom. The number of pyridine rings is 1. The lowest BCUT2D eigenvalue weighted by molar-refractivity contribution is -0.141. The average molecular weight is 513 g/mol. The van der Waals surface area contributed by atoms with Gasteiger partial charge in [-0.05, 0) is 53.4 Å². The SMILES string of the molecule is O=C(Nc1ccccc1O)c1ccc(CNC(=O)c2ccsc2Nc2ccnc(C(F)(F)F)c2)cc1. The molecule has 0 radical (unpaired) electrons. The molecule has 2 aromatic heterocycles. The number of hydrogen-bond donors (Lipinski definition) is 4. The fraction of sp³-hybridized carbons (Fsp3) is 0.0800. The minimum atomic E-state index is -4.58. The number of phenols is 1. The van der Waals surface area contributed by atoms with Crippen LogP contribution in [-0.2, 0) is 12.7 Å². The van der Waals surface area contributed by atoms with E-state index in [4.69, 9.17) is 0 Å². The van der Waals surface area contributed by atoms with Crippen molar-refractivity contribution in [2.75, 3.05) is 10.6 Å². The Morgan fingerprint density at radius 2 is 1.72 bits per heavy atom. The van der Waals surface area contributed by atoms with Crippen molar-refractivity contribution in [1.29, 1.82) is 0 Å². The minimum Gasteiger partial charge on any atom is -0.506 e. The van der Waals surface area contributed by atoms with Gasteiger partial charge in [-0.3, -0.25) is 14.6 Å². The number of aromatic hydroxyl groups is 1. The molecule has 0 bridgehead atoms. The highest BCUT2D eigenvalue weighted by molar-refractivity contribution is 7.14. The van der Waals surface area contributed by atoms with Crippen molar-refractivity contribution in [2.24, 2.45) is 0 Å². The van der Waals surface area contributed by atoms with Crippen LogP contribution < -0.4 is 16.0 Å². The van der Waals surface area contributed by atoms with E-state index >= 15 is 0 Å². The maximum atomic E-state index is 12.9. The van der Waals surface area contributed by atoms with Crippen LogP contribution in [0.15, 0.2) is 78.3 Å². The van der Waals surface area contributed by atoms with Crippen LogP contribution in [0.1, 0.15) is 32.0 Å². The van der Waals surface area contributed by atoms with Gasteiger partial charge in [0.1, 0.15) is 16.4 Å². The molecule has 2 aromatic carbocycles. The number of nitrogens with zero attached hydrogens (tertiary/aromatic N) is 1. The lowest BCUT2D eigenvalue weighted by Crippen LogP contribution is -2.23. The van der Waals surface area contributed by atoms with Gasteiger partial charge in [0, 0.05) is 24.0 Å². The molecule has 0 saturated carbocycles. The molecule has 7 nitrogen and oxygen atoms in total. The topological polar surface area (TPSA) is 103 Å². The molecule has 0 fully saturated rings. The first kappa shape index (κ1) is 24.7. The van der Waals surface area contributed by atoms with E-state index in [1.165, 1.54) is 23.5 Å². The summed E-state index contributed by atoms with van der Waals surface area (Å²) in [4.78, 5) is 28.4. The second-order valence-corrected chi connectivity index (χ2v) is 8.48. The molecular weight excluding hydrogens is 493 g/mol. The molecule has 4 N–H and O–H groups in total. The predicted octanol–water partition coefficient (Wildman–Crippen LogP) is 5.79. The van der Waals surface area contributed by atoms with Crippen molar-refractivity contribution in [3.05, 3.63) is 101 Å². The number of nitrogens with one attached hydrogen (secondary N) is 3. The molecule has 0 spiro atoms. The fourth-order valence-electron chi connectivity index (χ4n) is 3.20. The number of carbonyl (C=O) groups is 2. The van der Waals surface area contributed by atoms with E-state index in [-0.39, 0.29) is 23.5 Å². The van der Waals surface area contributed by atoms with Gasteiger partial charge in [0.05, 0.1) is 11.3 Å². The van der Waals surface area contributed by atoms with E-state index in [0.717, 1.165) is 17.8 Å². The third-order valence-electron chi connectivity index (χ3n) is 5.04. The highest BCUT2D eigenvalue weighted by atomic mass is 32.1. The lowest BCUT2D eigenvalue weighted by atomic mass is 10.1. The number of carbonyl (C=O) groups excluding carboxylic acids is 2. The summed E-state index contributed by atoms with van der Waals surface area (Å²) in [6, 6.07) is 16.8. The summed E-state index contributed by atoms with van der Waals surface area (Å²) in [6.07, 6.45) is -3.53. The first-order chi connectivity index (χ1) is 17.2. The van der Waals surface area contributed by atoms with Crippen LogP contribution in [0.25, 0.3) is 0 Å². The summed E-state index contributed by atoms with van der Waals surface area (Å²) in [7, 11) is 0. The van der Waals surface area contributed by atoms with Gasteiger partial charge in [-0.2, -0.15) is 13.2 Å². The van der Waals surface area contributed by atoms with Crippen molar-refractivity contribution in [3.63, 3.8) is 0 Å². The quantitative estimate of drug-likeness (QED) is 0.235. The zero-order valence-corrected chi connectivity index (χ0v) is 19.3. The molecule has 0 atom stereocenters. The number of para-hydroxylation sites is 2. The Morgan fingerprint density at radius 1 is 0.972 bits per heavy atom. The Labute approximate surface area is 207 Å². The number of alkyl halides is 3. The number of aromatic nitrogens is 1. The van der Waals surface area contributed by atoms with Crippen molar-refractivity contribution >= 4 is 39.5 Å². The van der Waals surface area contributed by atoms with Gasteiger partial charge >= 0.3 is 6.18 Å². The number of amides is 2. The Hall–Kier alpha value is -4.38. The monoisotopic (exact) mass is 512 g/mol. The Balaban J connectivity index is 1.36. The zero-order chi connectivity index (χ0) is 25.7. The number of rotatable bonds is 7. The molecule has 4 rings (SSSR count). The molecule has 36 heavy (non-hydrogen) atoms. The molecule has 0 saturated heterocycles. The molecular formula is C25H19F3N4O3S. The number of benzene rings is 2. The second kappa shape index (κ2) is 10.5. The zero-order valence-electron chi connectivity index (χ0n) is 18.5. The van der Waals surface area contributed by atoms with Gasteiger partial charge in [0.2, 0.25) is 0 Å². The first-order valence-corrected chi connectivity index (χ1v) is 11.4. The smallest absolute Gasteiger partial charge is 0.433 e. The van der Waals surface area contributed by atoms with Gasteiger partial charge < -0.3 is 21.1 Å². The summed E-state index contributed by atoms with van der Waals surface area (Å²) in [5.74, 6) is -0.853. The van der Waals surface area contributed by atoms with E-state index in [2.05, 4.69) is 20.9 Å². The van der Waals surface area contributed by atoms with E-state index in [0.29, 0.717) is 16.3 Å². The second-order valence-electron chi connectivity index (χ2n) is 7.57. The largest absolute Gasteiger partial charge is 0.506 e. The highest BCUT2D eigenvalue weighted by Gasteiger charge is 2.32. The maximum Gasteiger partial charge on any atom is 0.433 e. The third-order valence-corrected chi connectivity index (χ3v) is 5.87. The Kier molecular flexibility index (Phi) is 7.20. The van der Waals surface area contributed by atoms with Crippen LogP contribution in [0.2, 0.25) is 0 Å². The summed E-state index contributed by atoms with van der Waals surface area (Å²) >= 11 is 1.18. The summed E-state index contributed by atoms with van der Waals surface area (Å²) in [5.41, 5.74) is 0.799. The van der Waals surface area contributed by atoms with E-state index in [1.54, 1.807) is 53.9 Å². The van der Waals surface area contributed by atoms with Gasteiger partial charge in [-0.1, -0.05) is 24.3 Å². The third kappa shape index (κ3) is 5.99. The Bertz CT molecular complexity index is 1390. The van der Waals surface area contributed by atoms with Crippen molar-refractivity contribution < 1.29 is 27.9 Å². The summed E-state index contributed by atoms with van der Waals surface area (Å²) < 4.78 is 38.7. The maximum absolute atomic E-state index is 12.9.